The molecule has 0 radical (unpaired) electrons. The second kappa shape index (κ2) is 5.54. The summed E-state index contributed by atoms with van der Waals surface area (Å²) in [5, 5.41) is 10.0. The number of aliphatic hydroxyl groups is 1. The first-order chi connectivity index (χ1) is 6.65. The van der Waals surface area contributed by atoms with Crippen molar-refractivity contribution in [1.29, 1.82) is 0 Å². The lowest BCUT2D eigenvalue weighted by atomic mass is 10.1. The Morgan fingerprint density at radius 2 is 2.14 bits per heavy atom. The van der Waals surface area contributed by atoms with E-state index in [2.05, 4.69) is 0 Å². The van der Waals surface area contributed by atoms with Crippen molar-refractivity contribution in [3.8, 4) is 0 Å². The molecule has 0 fully saturated rings. The lowest BCUT2D eigenvalue weighted by Gasteiger charge is -2.11. The highest BCUT2D eigenvalue weighted by Gasteiger charge is 2.11. The van der Waals surface area contributed by atoms with E-state index in [0.29, 0.717) is 29.3 Å². The number of aliphatic hydroxyl groups excluding tert-OH is 1. The summed E-state index contributed by atoms with van der Waals surface area (Å²) in [7, 11) is 0. The third-order valence-electron chi connectivity index (χ3n) is 1.93. The fourth-order valence-corrected chi connectivity index (χ4v) is 1.59. The molecule has 1 unspecified atom stereocenters. The van der Waals surface area contributed by atoms with Crippen LogP contribution in [-0.2, 0) is 0 Å². The van der Waals surface area contributed by atoms with Gasteiger partial charge in [0.05, 0.1) is 6.10 Å². The van der Waals surface area contributed by atoms with E-state index >= 15 is 0 Å². The molecule has 78 valence electrons. The van der Waals surface area contributed by atoms with Gasteiger partial charge in [-0.1, -0.05) is 11.6 Å². The van der Waals surface area contributed by atoms with Crippen molar-refractivity contribution < 1.29 is 9.50 Å². The Labute approximate surface area is 92.5 Å². The smallest absolute Gasteiger partial charge is 0.123 e. The normalized spacial score (nSPS) is 12.9. The van der Waals surface area contributed by atoms with Gasteiger partial charge in [0.2, 0.25) is 0 Å². The number of alkyl halides is 1. The molecular weight excluding hydrogens is 226 g/mol. The molecule has 1 atom stereocenters. The van der Waals surface area contributed by atoms with Gasteiger partial charge in [-0.3, -0.25) is 0 Å². The summed E-state index contributed by atoms with van der Waals surface area (Å²) in [5.41, 5.74) is 0.428. The largest absolute Gasteiger partial charge is 0.388 e. The van der Waals surface area contributed by atoms with Crippen molar-refractivity contribution in [3.05, 3.63) is 34.6 Å². The predicted octanol–water partition coefficient (Wildman–Crippen LogP) is 3.53. The Morgan fingerprint density at radius 1 is 1.43 bits per heavy atom. The zero-order valence-corrected chi connectivity index (χ0v) is 9.02. The van der Waals surface area contributed by atoms with Crippen LogP contribution in [0.15, 0.2) is 18.2 Å². The minimum atomic E-state index is -0.739. The zero-order chi connectivity index (χ0) is 10.6. The van der Waals surface area contributed by atoms with Gasteiger partial charge in [-0.05, 0) is 31.0 Å². The Balaban J connectivity index is 2.77. The van der Waals surface area contributed by atoms with Crippen molar-refractivity contribution >= 4 is 23.2 Å². The lowest BCUT2D eigenvalue weighted by Crippen LogP contribution is -1.99. The van der Waals surface area contributed by atoms with Crippen LogP contribution in [0, 0.1) is 5.82 Å². The van der Waals surface area contributed by atoms with Gasteiger partial charge in [0.15, 0.2) is 0 Å². The molecule has 0 aromatic heterocycles. The monoisotopic (exact) mass is 236 g/mol. The Kier molecular flexibility index (Phi) is 4.66. The van der Waals surface area contributed by atoms with Crippen LogP contribution in [0.3, 0.4) is 0 Å². The van der Waals surface area contributed by atoms with E-state index < -0.39 is 11.9 Å². The van der Waals surface area contributed by atoms with E-state index in [1.54, 1.807) is 0 Å². The molecule has 0 aliphatic rings. The van der Waals surface area contributed by atoms with Crippen molar-refractivity contribution in [2.45, 2.75) is 18.9 Å². The van der Waals surface area contributed by atoms with Gasteiger partial charge in [-0.2, -0.15) is 0 Å². The van der Waals surface area contributed by atoms with E-state index in [1.807, 2.05) is 0 Å². The Morgan fingerprint density at radius 3 is 2.79 bits per heavy atom. The molecule has 4 heteroatoms. The molecule has 0 saturated carbocycles. The summed E-state index contributed by atoms with van der Waals surface area (Å²) in [6.45, 7) is 0. The molecule has 0 bridgehead atoms. The van der Waals surface area contributed by atoms with Crippen molar-refractivity contribution in [2.75, 3.05) is 5.88 Å². The molecule has 0 saturated heterocycles. The molecule has 14 heavy (non-hydrogen) atoms. The zero-order valence-electron chi connectivity index (χ0n) is 7.51. The summed E-state index contributed by atoms with van der Waals surface area (Å²) < 4.78 is 12.8. The van der Waals surface area contributed by atoms with Crippen LogP contribution in [0.1, 0.15) is 24.5 Å². The number of hydrogen-bond acceptors (Lipinski definition) is 1. The van der Waals surface area contributed by atoms with Crippen LogP contribution < -0.4 is 0 Å². The molecule has 0 aliphatic carbocycles. The van der Waals surface area contributed by atoms with Gasteiger partial charge >= 0.3 is 0 Å². The quantitative estimate of drug-likeness (QED) is 0.794. The highest BCUT2D eigenvalue weighted by molar-refractivity contribution is 6.31. The van der Waals surface area contributed by atoms with Gasteiger partial charge in [0.25, 0.3) is 0 Å². The second-order valence-corrected chi connectivity index (χ2v) is 3.80. The molecule has 1 aromatic carbocycles. The second-order valence-electron chi connectivity index (χ2n) is 3.01. The SMILES string of the molecule is OC(CCCCl)c1cc(F)ccc1Cl. The van der Waals surface area contributed by atoms with E-state index in [0.717, 1.165) is 0 Å². The molecule has 1 rings (SSSR count). The summed E-state index contributed by atoms with van der Waals surface area (Å²) in [4.78, 5) is 0. The summed E-state index contributed by atoms with van der Waals surface area (Å²) in [6.07, 6.45) is 0.430. The Hall–Kier alpha value is -0.310. The van der Waals surface area contributed by atoms with E-state index in [-0.39, 0.29) is 0 Å². The minimum Gasteiger partial charge on any atom is -0.388 e. The first kappa shape index (κ1) is 11.8. The standard InChI is InChI=1S/C10H11Cl2FO/c11-5-1-2-10(14)8-6-7(13)3-4-9(8)12/h3-4,6,10,14H,1-2,5H2. The van der Waals surface area contributed by atoms with Crippen LogP contribution >= 0.6 is 23.2 Å². The fraction of sp³-hybridized carbons (Fsp3) is 0.400. The first-order valence-corrected chi connectivity index (χ1v) is 5.25. The number of rotatable bonds is 4. The molecule has 0 spiro atoms. The van der Waals surface area contributed by atoms with E-state index in [9.17, 15) is 9.50 Å². The maximum Gasteiger partial charge on any atom is 0.123 e. The third kappa shape index (κ3) is 3.12. The highest BCUT2D eigenvalue weighted by Crippen LogP contribution is 2.26. The van der Waals surface area contributed by atoms with Gasteiger partial charge in [-0.25, -0.2) is 4.39 Å². The molecule has 0 heterocycles. The first-order valence-electron chi connectivity index (χ1n) is 4.34. The molecule has 1 nitrogen and oxygen atoms in total. The fourth-order valence-electron chi connectivity index (χ4n) is 1.20. The van der Waals surface area contributed by atoms with Crippen LogP contribution in [-0.4, -0.2) is 11.0 Å². The average Bonchev–Trinajstić information content (AvgIpc) is 2.18. The number of hydrogen-bond donors (Lipinski definition) is 1. The summed E-state index contributed by atoms with van der Waals surface area (Å²) in [6, 6.07) is 3.96. The van der Waals surface area contributed by atoms with Crippen molar-refractivity contribution in [3.63, 3.8) is 0 Å². The van der Waals surface area contributed by atoms with Crippen molar-refractivity contribution in [1.82, 2.24) is 0 Å². The minimum absolute atomic E-state index is 0.383. The van der Waals surface area contributed by atoms with Crippen LogP contribution in [0.5, 0.6) is 0 Å². The summed E-state index contributed by atoms with van der Waals surface area (Å²) >= 11 is 11.3. The molecule has 1 aromatic rings. The molecule has 1 N–H and O–H groups in total. The van der Waals surface area contributed by atoms with Crippen molar-refractivity contribution in [2.24, 2.45) is 0 Å². The predicted molar refractivity (Wildman–Crippen MR) is 56.3 cm³/mol. The lowest BCUT2D eigenvalue weighted by molar-refractivity contribution is 0.166. The Bertz CT molecular complexity index is 304. The van der Waals surface area contributed by atoms with E-state index in [4.69, 9.17) is 23.2 Å². The average molecular weight is 237 g/mol. The van der Waals surface area contributed by atoms with E-state index in [1.165, 1.54) is 18.2 Å². The maximum absolute atomic E-state index is 12.8. The van der Waals surface area contributed by atoms with Gasteiger partial charge in [0, 0.05) is 16.5 Å². The number of benzene rings is 1. The van der Waals surface area contributed by atoms with Gasteiger partial charge < -0.3 is 5.11 Å². The maximum atomic E-state index is 12.8. The molecule has 0 amide bonds. The number of halogens is 3. The third-order valence-corrected chi connectivity index (χ3v) is 2.54. The van der Waals surface area contributed by atoms with Crippen LogP contribution in [0.2, 0.25) is 5.02 Å². The highest BCUT2D eigenvalue weighted by atomic mass is 35.5. The van der Waals surface area contributed by atoms with Crippen LogP contribution in [0.4, 0.5) is 4.39 Å². The van der Waals surface area contributed by atoms with Gasteiger partial charge in [0.1, 0.15) is 5.82 Å². The molecule has 0 aliphatic heterocycles. The topological polar surface area (TPSA) is 20.2 Å². The molecular formula is C10H11Cl2FO. The summed E-state index contributed by atoms with van der Waals surface area (Å²) in [5.74, 6) is 0.0820. The van der Waals surface area contributed by atoms with Crippen LogP contribution in [0.25, 0.3) is 0 Å². The van der Waals surface area contributed by atoms with Gasteiger partial charge in [-0.15, -0.1) is 11.6 Å².